The second kappa shape index (κ2) is 4.25. The predicted molar refractivity (Wildman–Crippen MR) is 58.4 cm³/mol. The first kappa shape index (κ1) is 10.7. The lowest BCUT2D eigenvalue weighted by Crippen LogP contribution is -2.06. The molecule has 1 aromatic carbocycles. The van der Waals surface area contributed by atoms with Crippen LogP contribution in [0.5, 0.6) is 0 Å². The van der Waals surface area contributed by atoms with Gasteiger partial charge >= 0.3 is 0 Å². The van der Waals surface area contributed by atoms with E-state index in [1.807, 2.05) is 6.07 Å². The first-order valence-corrected chi connectivity index (χ1v) is 5.11. The standard InChI is InChI=1S/C10H9BrN2O/c1-6-2-9(13)8(10(14)4-11)3-7(6)5-12/h2-3H,4,13H2,1H3. The fourth-order valence-corrected chi connectivity index (χ4v) is 1.47. The Labute approximate surface area is 90.7 Å². The molecular formula is C10H9BrN2O. The lowest BCUT2D eigenvalue weighted by atomic mass is 10.0. The Hall–Kier alpha value is -1.34. The highest BCUT2D eigenvalue weighted by atomic mass is 79.9. The van der Waals surface area contributed by atoms with Gasteiger partial charge in [0, 0.05) is 11.3 Å². The summed E-state index contributed by atoms with van der Waals surface area (Å²) in [4.78, 5) is 11.4. The molecule has 4 heteroatoms. The van der Waals surface area contributed by atoms with E-state index in [0.29, 0.717) is 16.8 Å². The zero-order chi connectivity index (χ0) is 10.7. The summed E-state index contributed by atoms with van der Waals surface area (Å²) in [6.45, 7) is 1.79. The Bertz CT molecular complexity index is 421. The molecule has 0 aromatic heterocycles. The van der Waals surface area contributed by atoms with E-state index in [1.165, 1.54) is 6.07 Å². The van der Waals surface area contributed by atoms with Gasteiger partial charge in [0.2, 0.25) is 0 Å². The van der Waals surface area contributed by atoms with Crippen LogP contribution >= 0.6 is 15.9 Å². The van der Waals surface area contributed by atoms with Gasteiger partial charge in [-0.2, -0.15) is 5.26 Å². The summed E-state index contributed by atoms with van der Waals surface area (Å²) in [6, 6.07) is 5.20. The van der Waals surface area contributed by atoms with Crippen molar-refractivity contribution in [3.8, 4) is 6.07 Å². The molecule has 0 aliphatic rings. The first-order chi connectivity index (χ1) is 6.60. The quantitative estimate of drug-likeness (QED) is 0.498. The van der Waals surface area contributed by atoms with E-state index in [1.54, 1.807) is 13.0 Å². The van der Waals surface area contributed by atoms with Gasteiger partial charge in [-0.3, -0.25) is 4.79 Å². The Balaban J connectivity index is 3.33. The monoisotopic (exact) mass is 252 g/mol. The van der Waals surface area contributed by atoms with Gasteiger partial charge in [-0.05, 0) is 24.6 Å². The maximum Gasteiger partial charge on any atom is 0.175 e. The van der Waals surface area contributed by atoms with Gasteiger partial charge in [0.05, 0.1) is 17.0 Å². The number of rotatable bonds is 2. The number of alkyl halides is 1. The van der Waals surface area contributed by atoms with Crippen molar-refractivity contribution in [2.24, 2.45) is 0 Å². The van der Waals surface area contributed by atoms with E-state index in [-0.39, 0.29) is 11.1 Å². The number of nitrogens with two attached hydrogens (primary N) is 1. The van der Waals surface area contributed by atoms with Crippen molar-refractivity contribution in [1.82, 2.24) is 0 Å². The van der Waals surface area contributed by atoms with Crippen LogP contribution in [0.4, 0.5) is 5.69 Å². The highest BCUT2D eigenvalue weighted by Crippen LogP contribution is 2.19. The molecule has 0 saturated heterocycles. The molecule has 0 saturated carbocycles. The van der Waals surface area contributed by atoms with Gasteiger partial charge in [-0.25, -0.2) is 0 Å². The van der Waals surface area contributed by atoms with Crippen LogP contribution in [-0.2, 0) is 0 Å². The SMILES string of the molecule is Cc1cc(N)c(C(=O)CBr)cc1C#N. The average Bonchev–Trinajstić information content (AvgIpc) is 2.17. The van der Waals surface area contributed by atoms with Gasteiger partial charge in [0.25, 0.3) is 0 Å². The lowest BCUT2D eigenvalue weighted by Gasteiger charge is -2.05. The fourth-order valence-electron chi connectivity index (χ4n) is 1.16. The van der Waals surface area contributed by atoms with Crippen molar-refractivity contribution in [3.05, 3.63) is 28.8 Å². The Morgan fingerprint density at radius 3 is 2.79 bits per heavy atom. The third-order valence-corrected chi connectivity index (χ3v) is 2.45. The number of ketones is 1. The van der Waals surface area contributed by atoms with Crippen molar-refractivity contribution in [3.63, 3.8) is 0 Å². The van der Waals surface area contributed by atoms with Gasteiger partial charge < -0.3 is 5.73 Å². The molecule has 0 amide bonds. The van der Waals surface area contributed by atoms with Gasteiger partial charge in [0.15, 0.2) is 5.78 Å². The van der Waals surface area contributed by atoms with E-state index >= 15 is 0 Å². The van der Waals surface area contributed by atoms with Crippen LogP contribution < -0.4 is 5.73 Å². The topological polar surface area (TPSA) is 66.9 Å². The maximum atomic E-state index is 11.4. The summed E-state index contributed by atoms with van der Waals surface area (Å²) < 4.78 is 0. The number of nitrogen functional groups attached to an aromatic ring is 1. The molecule has 0 spiro atoms. The highest BCUT2D eigenvalue weighted by molar-refractivity contribution is 9.09. The fraction of sp³-hybridized carbons (Fsp3) is 0.200. The van der Waals surface area contributed by atoms with Crippen LogP contribution in [0.3, 0.4) is 0 Å². The Morgan fingerprint density at radius 2 is 2.29 bits per heavy atom. The second-order valence-corrected chi connectivity index (χ2v) is 3.48. The lowest BCUT2D eigenvalue weighted by molar-refractivity contribution is 0.102. The number of nitriles is 1. The van der Waals surface area contributed by atoms with Crippen molar-refractivity contribution in [1.29, 1.82) is 5.26 Å². The first-order valence-electron chi connectivity index (χ1n) is 3.99. The minimum absolute atomic E-state index is 0.112. The molecule has 0 heterocycles. The number of carbonyl (C=O) groups excluding carboxylic acids is 1. The zero-order valence-electron chi connectivity index (χ0n) is 7.67. The molecule has 0 atom stereocenters. The molecule has 0 radical (unpaired) electrons. The summed E-state index contributed by atoms with van der Waals surface area (Å²) in [5.74, 6) is -0.112. The number of anilines is 1. The molecule has 0 fully saturated rings. The summed E-state index contributed by atoms with van der Waals surface area (Å²) >= 11 is 3.06. The Morgan fingerprint density at radius 1 is 1.64 bits per heavy atom. The molecule has 1 rings (SSSR count). The summed E-state index contributed by atoms with van der Waals surface area (Å²) in [5, 5.41) is 8.99. The third kappa shape index (κ3) is 1.94. The van der Waals surface area contributed by atoms with Crippen molar-refractivity contribution in [2.45, 2.75) is 6.92 Å². The molecule has 0 aliphatic carbocycles. The molecule has 0 unspecified atom stereocenters. The van der Waals surface area contributed by atoms with Crippen LogP contribution in [0.15, 0.2) is 12.1 Å². The zero-order valence-corrected chi connectivity index (χ0v) is 9.26. The van der Waals surface area contributed by atoms with Crippen LogP contribution in [0.2, 0.25) is 0 Å². The van der Waals surface area contributed by atoms with E-state index in [4.69, 9.17) is 11.0 Å². The van der Waals surface area contributed by atoms with Crippen LogP contribution in [0.25, 0.3) is 0 Å². The number of benzene rings is 1. The predicted octanol–water partition coefficient (Wildman–Crippen LogP) is 2.03. The third-order valence-electron chi connectivity index (χ3n) is 1.94. The molecule has 0 aliphatic heterocycles. The minimum Gasteiger partial charge on any atom is -0.398 e. The van der Waals surface area contributed by atoms with Gasteiger partial charge in [-0.1, -0.05) is 15.9 Å². The summed E-state index contributed by atoms with van der Waals surface area (Å²) in [5.41, 5.74) is 7.78. The number of carbonyl (C=O) groups is 1. The molecule has 14 heavy (non-hydrogen) atoms. The Kier molecular flexibility index (Phi) is 3.26. The minimum atomic E-state index is -0.112. The maximum absolute atomic E-state index is 11.4. The molecule has 3 nitrogen and oxygen atoms in total. The van der Waals surface area contributed by atoms with Crippen molar-refractivity contribution < 1.29 is 4.79 Å². The molecule has 1 aromatic rings. The largest absolute Gasteiger partial charge is 0.398 e. The number of nitrogens with zero attached hydrogens (tertiary/aromatic N) is 1. The number of aryl methyl sites for hydroxylation is 1. The van der Waals surface area contributed by atoms with Crippen LogP contribution in [0.1, 0.15) is 21.5 Å². The highest BCUT2D eigenvalue weighted by Gasteiger charge is 2.10. The number of Topliss-reactive ketones (excluding diaryl/α,β-unsaturated/α-hetero) is 1. The number of halogens is 1. The molecule has 2 N–H and O–H groups in total. The van der Waals surface area contributed by atoms with Crippen LogP contribution in [0, 0.1) is 18.3 Å². The van der Waals surface area contributed by atoms with Crippen molar-refractivity contribution in [2.75, 3.05) is 11.1 Å². The van der Waals surface area contributed by atoms with E-state index in [9.17, 15) is 4.79 Å². The van der Waals surface area contributed by atoms with Crippen molar-refractivity contribution >= 4 is 27.4 Å². The summed E-state index contributed by atoms with van der Waals surface area (Å²) in [6.07, 6.45) is 0. The molecule has 72 valence electrons. The second-order valence-electron chi connectivity index (χ2n) is 2.92. The van der Waals surface area contributed by atoms with Gasteiger partial charge in [-0.15, -0.1) is 0 Å². The molecule has 0 bridgehead atoms. The van der Waals surface area contributed by atoms with E-state index < -0.39 is 0 Å². The van der Waals surface area contributed by atoms with E-state index in [0.717, 1.165) is 5.56 Å². The van der Waals surface area contributed by atoms with Crippen LogP contribution in [-0.4, -0.2) is 11.1 Å². The van der Waals surface area contributed by atoms with Gasteiger partial charge in [0.1, 0.15) is 0 Å². The average molecular weight is 253 g/mol. The number of hydrogen-bond donors (Lipinski definition) is 1. The number of hydrogen-bond acceptors (Lipinski definition) is 3. The van der Waals surface area contributed by atoms with E-state index in [2.05, 4.69) is 15.9 Å². The normalized spacial score (nSPS) is 9.50. The summed E-state index contributed by atoms with van der Waals surface area (Å²) in [7, 11) is 0. The smallest absolute Gasteiger partial charge is 0.175 e. The molecular weight excluding hydrogens is 244 g/mol.